The van der Waals surface area contributed by atoms with Crippen LogP contribution < -0.4 is 10.1 Å². The van der Waals surface area contributed by atoms with Crippen molar-refractivity contribution in [2.75, 3.05) is 46.0 Å². The fraction of sp³-hybridized carbons (Fsp3) is 0.576. The summed E-state index contributed by atoms with van der Waals surface area (Å²) in [4.78, 5) is 64.7. The monoisotopic (exact) mass is 639 g/mol. The summed E-state index contributed by atoms with van der Waals surface area (Å²) in [6, 6.07) is 9.59. The molecule has 2 fully saturated rings. The zero-order valence-electron chi connectivity index (χ0n) is 27.2. The molecular weight excluding hydrogens is 594 g/mol. The van der Waals surface area contributed by atoms with Gasteiger partial charge in [-0.2, -0.15) is 4.98 Å². The lowest BCUT2D eigenvalue weighted by Crippen LogP contribution is -2.56. The molecule has 1 aromatic carbocycles. The van der Waals surface area contributed by atoms with E-state index in [0.29, 0.717) is 50.7 Å². The van der Waals surface area contributed by atoms with Gasteiger partial charge in [0.25, 0.3) is 5.91 Å². The smallest absolute Gasteiger partial charge is 0.409 e. The van der Waals surface area contributed by atoms with Crippen LogP contribution in [0.15, 0.2) is 36.4 Å². The van der Waals surface area contributed by atoms with E-state index in [-0.39, 0.29) is 49.5 Å². The molecule has 2 saturated heterocycles. The lowest BCUT2D eigenvalue weighted by Gasteiger charge is -2.36. The van der Waals surface area contributed by atoms with Crippen molar-refractivity contribution in [3.05, 3.63) is 42.1 Å². The van der Waals surface area contributed by atoms with Gasteiger partial charge in [0.05, 0.1) is 19.8 Å². The minimum atomic E-state index is -1.05. The topological polar surface area (TPSA) is 149 Å². The Balaban J connectivity index is 1.51. The van der Waals surface area contributed by atoms with Gasteiger partial charge in [-0.15, -0.1) is 0 Å². The van der Waals surface area contributed by atoms with Gasteiger partial charge in [0.15, 0.2) is 5.82 Å². The number of nitrogens with one attached hydrogen (secondary N) is 1. The van der Waals surface area contributed by atoms with Gasteiger partial charge in [0.1, 0.15) is 23.4 Å². The fourth-order valence-electron chi connectivity index (χ4n) is 4.96. The molecule has 3 amide bonds. The second-order valence-corrected chi connectivity index (χ2v) is 12.3. The van der Waals surface area contributed by atoms with Gasteiger partial charge in [-0.05, 0) is 33.6 Å². The van der Waals surface area contributed by atoms with Gasteiger partial charge in [0.2, 0.25) is 11.8 Å². The Morgan fingerprint density at radius 2 is 1.76 bits per heavy atom. The van der Waals surface area contributed by atoms with E-state index >= 15 is 0 Å². The number of amides is 3. The zero-order chi connectivity index (χ0) is 33.1. The molecule has 0 bridgehead atoms. The van der Waals surface area contributed by atoms with Gasteiger partial charge in [-0.25, -0.2) is 9.78 Å². The maximum Gasteiger partial charge on any atom is 0.409 e. The van der Waals surface area contributed by atoms with Crippen LogP contribution >= 0.6 is 0 Å². The van der Waals surface area contributed by atoms with Gasteiger partial charge in [-0.1, -0.05) is 43.7 Å². The van der Waals surface area contributed by atoms with Crippen molar-refractivity contribution in [2.45, 2.75) is 77.5 Å². The molecule has 2 atom stereocenters. The summed E-state index contributed by atoms with van der Waals surface area (Å²) < 4.78 is 22.2. The third-order valence-corrected chi connectivity index (χ3v) is 7.38. The van der Waals surface area contributed by atoms with E-state index in [4.69, 9.17) is 18.9 Å². The molecule has 0 saturated carbocycles. The van der Waals surface area contributed by atoms with E-state index in [2.05, 4.69) is 15.3 Å². The summed E-state index contributed by atoms with van der Waals surface area (Å²) in [6.07, 6.45) is 1.70. The van der Waals surface area contributed by atoms with Crippen LogP contribution in [0.25, 0.3) is 11.4 Å². The molecule has 2 aliphatic heterocycles. The first-order valence-electron chi connectivity index (χ1n) is 15.9. The number of carbonyl (C=O) groups excluding carboxylic acids is 4. The van der Waals surface area contributed by atoms with Crippen LogP contribution in [-0.4, -0.2) is 107 Å². The molecule has 0 spiro atoms. The minimum absolute atomic E-state index is 0.0116. The van der Waals surface area contributed by atoms with Crippen molar-refractivity contribution in [3.63, 3.8) is 0 Å². The minimum Gasteiger partial charge on any atom is -0.472 e. The first-order chi connectivity index (χ1) is 22.0. The van der Waals surface area contributed by atoms with Gasteiger partial charge >= 0.3 is 12.1 Å². The van der Waals surface area contributed by atoms with E-state index in [1.54, 1.807) is 30.6 Å². The Hall–Kier alpha value is -4.26. The highest BCUT2D eigenvalue weighted by molar-refractivity contribution is 5.96. The summed E-state index contributed by atoms with van der Waals surface area (Å²) in [5.41, 5.74) is 0.00285. The van der Waals surface area contributed by atoms with E-state index < -0.39 is 29.6 Å². The molecule has 4 rings (SSSR count). The molecule has 13 heteroatoms. The third-order valence-electron chi connectivity index (χ3n) is 7.38. The summed E-state index contributed by atoms with van der Waals surface area (Å²) in [5.74, 6) is -0.962. The Bertz CT molecular complexity index is 1340. The number of rotatable bonds is 12. The van der Waals surface area contributed by atoms with Crippen LogP contribution in [0.3, 0.4) is 0 Å². The normalized spacial score (nSPS) is 17.3. The molecule has 1 aromatic heterocycles. The highest BCUT2D eigenvalue weighted by Gasteiger charge is 2.32. The number of unbranched alkanes of at least 4 members (excludes halogenated alkanes) is 1. The molecule has 2 unspecified atom stereocenters. The fourth-order valence-corrected chi connectivity index (χ4v) is 4.96. The van der Waals surface area contributed by atoms with E-state index in [9.17, 15) is 19.2 Å². The third kappa shape index (κ3) is 10.4. The second-order valence-electron chi connectivity index (χ2n) is 12.3. The molecule has 46 heavy (non-hydrogen) atoms. The van der Waals surface area contributed by atoms with Crippen molar-refractivity contribution in [3.8, 4) is 17.3 Å². The highest BCUT2D eigenvalue weighted by atomic mass is 16.6. The maximum absolute atomic E-state index is 13.8. The second kappa shape index (κ2) is 16.3. The first kappa shape index (κ1) is 34.6. The van der Waals surface area contributed by atoms with Crippen LogP contribution in [0.2, 0.25) is 0 Å². The molecule has 2 aliphatic rings. The Labute approximate surface area is 269 Å². The molecule has 0 aliphatic carbocycles. The lowest BCUT2D eigenvalue weighted by atomic mass is 10.1. The van der Waals surface area contributed by atoms with Gasteiger partial charge in [0, 0.05) is 50.7 Å². The summed E-state index contributed by atoms with van der Waals surface area (Å²) in [6.45, 7) is 9.74. The summed E-state index contributed by atoms with van der Waals surface area (Å²) in [5, 5.41) is 2.80. The average Bonchev–Trinajstić information content (AvgIpc) is 3.55. The number of benzene rings is 1. The van der Waals surface area contributed by atoms with Gasteiger partial charge < -0.3 is 34.1 Å². The number of carbonyl (C=O) groups is 4. The van der Waals surface area contributed by atoms with Crippen molar-refractivity contribution in [2.24, 2.45) is 0 Å². The number of ether oxygens (including phenoxy) is 4. The number of hydrogen-bond acceptors (Lipinski definition) is 10. The highest BCUT2D eigenvalue weighted by Crippen LogP contribution is 2.22. The molecule has 0 radical (unpaired) electrons. The summed E-state index contributed by atoms with van der Waals surface area (Å²) in [7, 11) is 0. The van der Waals surface area contributed by atoms with E-state index in [1.807, 2.05) is 37.3 Å². The Morgan fingerprint density at radius 3 is 2.41 bits per heavy atom. The number of esters is 1. The molecule has 13 nitrogen and oxygen atoms in total. The van der Waals surface area contributed by atoms with E-state index in [1.165, 1.54) is 6.07 Å². The molecule has 250 valence electrons. The van der Waals surface area contributed by atoms with Crippen molar-refractivity contribution >= 4 is 23.9 Å². The molecule has 1 N–H and O–H groups in total. The van der Waals surface area contributed by atoms with Gasteiger partial charge in [-0.3, -0.25) is 14.4 Å². The predicted molar refractivity (Wildman–Crippen MR) is 168 cm³/mol. The van der Waals surface area contributed by atoms with Crippen molar-refractivity contribution in [1.82, 2.24) is 25.1 Å². The van der Waals surface area contributed by atoms with Crippen LogP contribution in [0, 0.1) is 0 Å². The zero-order valence-corrected chi connectivity index (χ0v) is 27.2. The predicted octanol–water partition coefficient (Wildman–Crippen LogP) is 3.61. The first-order valence-corrected chi connectivity index (χ1v) is 15.9. The standard InChI is InChI=1S/C33H45N5O8/c1-5-6-19-44-32(42)38-17-15-37(16-18-38)31(41)25(12-13-28(39)46-33(2,3)4)35-30(40)26-21-27(45-24-14-20-43-22-24)36-29(34-26)23-10-8-7-9-11-23/h7-11,21,24-25H,5-6,12-20,22H2,1-4H3,(H,35,40). The Morgan fingerprint density at radius 1 is 1.04 bits per heavy atom. The quantitative estimate of drug-likeness (QED) is 0.270. The number of piperazine rings is 1. The van der Waals surface area contributed by atoms with Crippen LogP contribution in [0.5, 0.6) is 5.88 Å². The summed E-state index contributed by atoms with van der Waals surface area (Å²) >= 11 is 0. The average molecular weight is 640 g/mol. The van der Waals surface area contributed by atoms with Crippen LogP contribution in [0.4, 0.5) is 4.79 Å². The lowest BCUT2D eigenvalue weighted by molar-refractivity contribution is -0.155. The molecule has 2 aromatic rings. The molecule has 3 heterocycles. The molecular formula is C33H45N5O8. The van der Waals surface area contributed by atoms with Crippen molar-refractivity contribution in [1.29, 1.82) is 0 Å². The van der Waals surface area contributed by atoms with Crippen LogP contribution in [0.1, 0.15) is 70.3 Å². The van der Waals surface area contributed by atoms with E-state index in [0.717, 1.165) is 12.8 Å². The number of nitrogens with zero attached hydrogens (tertiary/aromatic N) is 4. The Kier molecular flexibility index (Phi) is 12.3. The largest absolute Gasteiger partial charge is 0.472 e. The van der Waals surface area contributed by atoms with Crippen LogP contribution in [-0.2, 0) is 23.8 Å². The number of aromatic nitrogens is 2. The maximum atomic E-state index is 13.8. The SMILES string of the molecule is CCCCOC(=O)N1CCN(C(=O)C(CCC(=O)OC(C)(C)C)NC(=O)c2cc(OC3CCOC3)nc(-c3ccccc3)n2)CC1. The number of hydrogen-bond donors (Lipinski definition) is 1. The van der Waals surface area contributed by atoms with Crippen molar-refractivity contribution < 1.29 is 38.1 Å².